The fraction of sp³-hybridized carbons (Fsp3) is 0.148. The molecule has 6 nitrogen and oxygen atoms in total. The van der Waals surface area contributed by atoms with Crippen molar-refractivity contribution in [3.8, 4) is 11.5 Å². The molecule has 3 aromatic carbocycles. The van der Waals surface area contributed by atoms with E-state index >= 15 is 0 Å². The van der Waals surface area contributed by atoms with Crippen LogP contribution in [0.15, 0.2) is 77.6 Å². The topological polar surface area (TPSA) is 98.5 Å². The molecule has 0 bridgehead atoms. The maximum Gasteiger partial charge on any atom is 0.258 e. The summed E-state index contributed by atoms with van der Waals surface area (Å²) >= 11 is 0. The van der Waals surface area contributed by atoms with Crippen LogP contribution in [-0.2, 0) is 13.5 Å². The fourth-order valence-corrected chi connectivity index (χ4v) is 4.76. The third kappa shape index (κ3) is 3.36. The summed E-state index contributed by atoms with van der Waals surface area (Å²) in [6.07, 6.45) is 0.391. The summed E-state index contributed by atoms with van der Waals surface area (Å²) in [6.45, 7) is -0.0567. The lowest BCUT2D eigenvalue weighted by atomic mass is 9.85. The van der Waals surface area contributed by atoms with E-state index in [1.165, 1.54) is 0 Å². The number of aromatic nitrogens is 2. The molecule has 0 saturated carbocycles. The second-order valence-corrected chi connectivity index (χ2v) is 8.20. The molecule has 0 aliphatic rings. The number of nitrogens with zero attached hydrogens (tertiary/aromatic N) is 1. The summed E-state index contributed by atoms with van der Waals surface area (Å²) in [5, 5.41) is 32.6. The van der Waals surface area contributed by atoms with Gasteiger partial charge >= 0.3 is 0 Å². The number of benzene rings is 3. The molecule has 0 fully saturated rings. The minimum Gasteiger partial charge on any atom is -0.508 e. The van der Waals surface area contributed by atoms with Crippen LogP contribution in [0.3, 0.4) is 0 Å². The predicted molar refractivity (Wildman–Crippen MR) is 129 cm³/mol. The molecule has 2 aromatic heterocycles. The van der Waals surface area contributed by atoms with E-state index in [0.29, 0.717) is 17.3 Å². The van der Waals surface area contributed by atoms with Crippen LogP contribution in [0.25, 0.3) is 21.8 Å². The lowest BCUT2D eigenvalue weighted by Gasteiger charge is -2.22. The Morgan fingerprint density at radius 2 is 1.58 bits per heavy atom. The van der Waals surface area contributed by atoms with E-state index in [9.17, 15) is 20.1 Å². The Labute approximate surface area is 190 Å². The molecule has 0 aliphatic heterocycles. The number of nitrogens with one attached hydrogen (secondary N) is 1. The van der Waals surface area contributed by atoms with Crippen molar-refractivity contribution in [1.82, 2.24) is 9.55 Å². The normalized spacial score (nSPS) is 12.4. The highest BCUT2D eigenvalue weighted by molar-refractivity contribution is 5.88. The molecule has 0 aliphatic carbocycles. The first-order valence-corrected chi connectivity index (χ1v) is 10.8. The van der Waals surface area contributed by atoms with Gasteiger partial charge in [0.25, 0.3) is 5.56 Å². The van der Waals surface area contributed by atoms with Gasteiger partial charge in [-0.1, -0.05) is 42.5 Å². The van der Waals surface area contributed by atoms with Gasteiger partial charge in [-0.3, -0.25) is 4.79 Å². The second-order valence-electron chi connectivity index (χ2n) is 8.20. The number of aliphatic hydroxyl groups is 1. The molecule has 6 heteroatoms. The van der Waals surface area contributed by atoms with E-state index in [-0.39, 0.29) is 29.2 Å². The molecule has 1 atom stereocenters. The number of hydrogen-bond acceptors (Lipinski definition) is 4. The van der Waals surface area contributed by atoms with E-state index in [0.717, 1.165) is 27.7 Å². The maximum atomic E-state index is 13.6. The number of aromatic hydroxyl groups is 2. The van der Waals surface area contributed by atoms with Crippen molar-refractivity contribution in [2.75, 3.05) is 6.61 Å². The molecule has 166 valence electrons. The average Bonchev–Trinajstić information content (AvgIpc) is 3.19. The highest BCUT2D eigenvalue weighted by Crippen LogP contribution is 2.41. The molecule has 0 amide bonds. The zero-order valence-corrected chi connectivity index (χ0v) is 18.1. The van der Waals surface area contributed by atoms with Crippen molar-refractivity contribution >= 4 is 21.8 Å². The lowest BCUT2D eigenvalue weighted by Crippen LogP contribution is -2.25. The molecule has 5 rings (SSSR count). The first-order valence-electron chi connectivity index (χ1n) is 10.8. The van der Waals surface area contributed by atoms with Crippen LogP contribution in [0.5, 0.6) is 11.5 Å². The standard InChI is InChI=1S/C27H24N2O4/c1-29-22-9-5-3-7-20(22)26(32)24(27(29)33)23(16-10-12-17(31)13-11-16)25-19(14-15-30)18-6-2-4-8-21(18)28-25/h2-13,23,28,30-32H,14-15H2,1H3/t23-/m0/s1. The van der Waals surface area contributed by atoms with Crippen molar-refractivity contribution in [3.63, 3.8) is 0 Å². The van der Waals surface area contributed by atoms with Crippen molar-refractivity contribution in [3.05, 3.63) is 106 Å². The molecule has 0 saturated heterocycles. The Bertz CT molecular complexity index is 1530. The summed E-state index contributed by atoms with van der Waals surface area (Å²) in [5.41, 5.74) is 3.82. The molecule has 0 spiro atoms. The van der Waals surface area contributed by atoms with Crippen LogP contribution in [0.4, 0.5) is 0 Å². The Hall–Kier alpha value is -4.03. The van der Waals surface area contributed by atoms with Gasteiger partial charge in [-0.2, -0.15) is 0 Å². The molecule has 33 heavy (non-hydrogen) atoms. The van der Waals surface area contributed by atoms with E-state index < -0.39 is 5.92 Å². The van der Waals surface area contributed by atoms with Gasteiger partial charge in [0.05, 0.1) is 17.0 Å². The number of pyridine rings is 1. The zero-order valence-electron chi connectivity index (χ0n) is 18.1. The van der Waals surface area contributed by atoms with Gasteiger partial charge in [0, 0.05) is 35.6 Å². The average molecular weight is 440 g/mol. The number of para-hydroxylation sites is 2. The largest absolute Gasteiger partial charge is 0.508 e. The number of phenols is 1. The summed E-state index contributed by atoms with van der Waals surface area (Å²) in [4.78, 5) is 17.1. The quantitative estimate of drug-likeness (QED) is 0.330. The van der Waals surface area contributed by atoms with E-state index in [2.05, 4.69) is 4.98 Å². The Kier molecular flexibility index (Phi) is 5.15. The Morgan fingerprint density at radius 3 is 2.30 bits per heavy atom. The molecular formula is C27H24N2O4. The minimum atomic E-state index is -0.636. The van der Waals surface area contributed by atoms with Crippen LogP contribution < -0.4 is 5.56 Å². The van der Waals surface area contributed by atoms with E-state index in [1.807, 2.05) is 36.4 Å². The van der Waals surface area contributed by atoms with Crippen LogP contribution >= 0.6 is 0 Å². The second kappa shape index (κ2) is 8.15. The highest BCUT2D eigenvalue weighted by atomic mass is 16.3. The summed E-state index contributed by atoms with van der Waals surface area (Å²) in [6, 6.07) is 21.7. The van der Waals surface area contributed by atoms with Gasteiger partial charge in [-0.05, 0) is 47.9 Å². The Morgan fingerprint density at radius 1 is 0.909 bits per heavy atom. The molecule has 5 aromatic rings. The van der Waals surface area contributed by atoms with Gasteiger partial charge in [0.1, 0.15) is 11.5 Å². The van der Waals surface area contributed by atoms with Crippen molar-refractivity contribution in [2.24, 2.45) is 7.05 Å². The van der Waals surface area contributed by atoms with Gasteiger partial charge in [-0.15, -0.1) is 0 Å². The van der Waals surface area contributed by atoms with Gasteiger partial charge in [-0.25, -0.2) is 0 Å². The molecule has 2 heterocycles. The van der Waals surface area contributed by atoms with Crippen LogP contribution in [0, 0.1) is 0 Å². The van der Waals surface area contributed by atoms with Crippen LogP contribution in [0.1, 0.15) is 28.3 Å². The monoisotopic (exact) mass is 440 g/mol. The van der Waals surface area contributed by atoms with Crippen LogP contribution in [0.2, 0.25) is 0 Å². The van der Waals surface area contributed by atoms with Crippen molar-refractivity contribution < 1.29 is 15.3 Å². The number of rotatable bonds is 5. The minimum absolute atomic E-state index is 0.0567. The Balaban J connectivity index is 1.89. The van der Waals surface area contributed by atoms with Gasteiger partial charge in [0.15, 0.2) is 0 Å². The van der Waals surface area contributed by atoms with E-state index in [4.69, 9.17) is 0 Å². The van der Waals surface area contributed by atoms with Crippen molar-refractivity contribution in [2.45, 2.75) is 12.3 Å². The molecular weight excluding hydrogens is 416 g/mol. The van der Waals surface area contributed by atoms with Gasteiger partial charge in [0.2, 0.25) is 0 Å². The van der Waals surface area contributed by atoms with Crippen molar-refractivity contribution in [1.29, 1.82) is 0 Å². The number of aryl methyl sites for hydroxylation is 1. The summed E-state index contributed by atoms with van der Waals surface area (Å²) in [5.74, 6) is -0.594. The zero-order chi connectivity index (χ0) is 23.1. The van der Waals surface area contributed by atoms with Gasteiger partial charge < -0.3 is 24.9 Å². The number of aromatic amines is 1. The third-order valence-electron chi connectivity index (χ3n) is 6.32. The number of H-pyrrole nitrogens is 1. The molecule has 4 N–H and O–H groups in total. The predicted octanol–water partition coefficient (Wildman–Crippen LogP) is 4.15. The third-order valence-corrected chi connectivity index (χ3v) is 6.32. The molecule has 0 unspecified atom stereocenters. The number of fused-ring (bicyclic) bond motifs is 2. The van der Waals surface area contributed by atoms with E-state index in [1.54, 1.807) is 48.0 Å². The SMILES string of the molecule is Cn1c(=O)c([C@H](c2ccc(O)cc2)c2[nH]c3ccccc3c2CCO)c(O)c2ccccc21. The first-order chi connectivity index (χ1) is 16.0. The summed E-state index contributed by atoms with van der Waals surface area (Å²) in [7, 11) is 1.70. The number of aliphatic hydroxyl groups excluding tert-OH is 1. The summed E-state index contributed by atoms with van der Waals surface area (Å²) < 4.78 is 1.55. The smallest absolute Gasteiger partial charge is 0.258 e. The maximum absolute atomic E-state index is 13.6. The highest BCUT2D eigenvalue weighted by Gasteiger charge is 2.30. The van der Waals surface area contributed by atoms with Crippen LogP contribution in [-0.4, -0.2) is 31.5 Å². The first kappa shape index (κ1) is 20.8. The number of hydrogen-bond donors (Lipinski definition) is 4. The fourth-order valence-electron chi connectivity index (χ4n) is 4.76. The molecule has 0 radical (unpaired) electrons. The number of phenolic OH excluding ortho intramolecular Hbond substituents is 1. The lowest BCUT2D eigenvalue weighted by molar-refractivity contribution is 0.299.